The molecule has 3 nitrogen and oxygen atoms in total. The molecule has 0 aliphatic heterocycles. The molecule has 0 N–H and O–H groups in total. The fourth-order valence-corrected chi connectivity index (χ4v) is 0.867. The van der Waals surface area contributed by atoms with Crippen molar-refractivity contribution in [1.29, 1.82) is 0 Å². The summed E-state index contributed by atoms with van der Waals surface area (Å²) in [7, 11) is -2.94. The maximum Gasteiger partial charge on any atom is 0.339 e. The lowest BCUT2D eigenvalue weighted by molar-refractivity contribution is 0.0600. The van der Waals surface area contributed by atoms with Gasteiger partial charge in [0.1, 0.15) is 5.15 Å². The highest BCUT2D eigenvalue weighted by Gasteiger charge is 2.07. The summed E-state index contributed by atoms with van der Waals surface area (Å²) in [6.45, 7) is 0. The Balaban J connectivity index is 3.24. The Kier molecular flexibility index (Phi) is 1.48. The highest BCUT2D eigenvalue weighted by molar-refractivity contribution is 9.10. The van der Waals surface area contributed by atoms with Crippen molar-refractivity contribution in [2.75, 3.05) is 7.04 Å². The van der Waals surface area contributed by atoms with Gasteiger partial charge < -0.3 is 4.74 Å². The lowest BCUT2D eigenvalue weighted by Crippen LogP contribution is -2.01. The summed E-state index contributed by atoms with van der Waals surface area (Å²) in [5.74, 6) is -1.31. The zero-order chi connectivity index (χ0) is 13.4. The standard InChI is InChI=1S/C7H5BrClNO2/c1-12-7(11)4-2-5(8)6(9)10-3-4/h2-3H,1H3/i1D3,2D,3D. The Morgan fingerprint density at radius 3 is 3.42 bits per heavy atom. The molecule has 0 bridgehead atoms. The molecular weight excluding hydrogens is 245 g/mol. The van der Waals surface area contributed by atoms with Gasteiger partial charge in [0.25, 0.3) is 0 Å². The van der Waals surface area contributed by atoms with E-state index >= 15 is 0 Å². The Morgan fingerprint density at radius 2 is 2.75 bits per heavy atom. The molecule has 1 heterocycles. The van der Waals surface area contributed by atoms with Crippen molar-refractivity contribution < 1.29 is 16.4 Å². The molecule has 0 aliphatic rings. The number of hydrogen-bond donors (Lipinski definition) is 0. The molecule has 1 rings (SSSR count). The number of carbonyl (C=O) groups excluding carboxylic acids is 1. The van der Waals surface area contributed by atoms with Crippen LogP contribution in [0.2, 0.25) is 5.15 Å². The Labute approximate surface area is 89.9 Å². The van der Waals surface area contributed by atoms with Gasteiger partial charge in [-0.25, -0.2) is 9.78 Å². The van der Waals surface area contributed by atoms with Crippen LogP contribution in [0.5, 0.6) is 0 Å². The number of ether oxygens (including phenoxy) is 1. The van der Waals surface area contributed by atoms with Crippen LogP contribution in [0.4, 0.5) is 0 Å². The summed E-state index contributed by atoms with van der Waals surface area (Å²) in [5.41, 5.74) is -0.558. The molecule has 0 aromatic carbocycles. The van der Waals surface area contributed by atoms with Crippen molar-refractivity contribution in [2.24, 2.45) is 0 Å². The van der Waals surface area contributed by atoms with Crippen molar-refractivity contribution in [3.8, 4) is 0 Å². The zero-order valence-corrected chi connectivity index (χ0v) is 7.86. The molecule has 0 saturated heterocycles. The average Bonchev–Trinajstić information content (AvgIpc) is 2.11. The van der Waals surface area contributed by atoms with E-state index in [2.05, 4.69) is 25.7 Å². The minimum Gasteiger partial charge on any atom is -0.465 e. The Bertz CT molecular complexity index is 478. The SMILES string of the molecule is [2H]c1nc(Cl)c(Br)c([2H])c1C(=O)OC([2H])([2H])[2H]. The maximum atomic E-state index is 11.4. The molecule has 1 aromatic rings. The molecule has 0 saturated carbocycles. The van der Waals surface area contributed by atoms with E-state index < -0.39 is 30.8 Å². The van der Waals surface area contributed by atoms with E-state index in [0.29, 0.717) is 0 Å². The second-order valence-electron chi connectivity index (χ2n) is 1.72. The third-order valence-electron chi connectivity index (χ3n) is 0.979. The van der Waals surface area contributed by atoms with Crippen LogP contribution in [-0.4, -0.2) is 18.0 Å². The molecule has 64 valence electrons. The molecule has 1 aromatic heterocycles. The minimum atomic E-state index is -2.94. The van der Waals surface area contributed by atoms with E-state index in [0.717, 1.165) is 0 Å². The Hall–Kier alpha value is -0.610. The van der Waals surface area contributed by atoms with Crippen molar-refractivity contribution in [3.63, 3.8) is 0 Å². The number of rotatable bonds is 1. The van der Waals surface area contributed by atoms with Gasteiger partial charge in [0.05, 0.1) is 23.9 Å². The van der Waals surface area contributed by atoms with Crippen LogP contribution in [-0.2, 0) is 4.74 Å². The minimum absolute atomic E-state index is 0.00680. The molecule has 12 heavy (non-hydrogen) atoms. The normalized spacial score (nSPS) is 16.7. The molecule has 0 aliphatic carbocycles. The quantitative estimate of drug-likeness (QED) is 0.571. The summed E-state index contributed by atoms with van der Waals surface area (Å²) in [6, 6.07) is -0.441. The van der Waals surface area contributed by atoms with Crippen LogP contribution in [0.15, 0.2) is 16.7 Å². The molecule has 0 atom stereocenters. The fourth-order valence-electron chi connectivity index (χ4n) is 0.491. The largest absolute Gasteiger partial charge is 0.465 e. The van der Waals surface area contributed by atoms with E-state index in [-0.39, 0.29) is 9.63 Å². The number of aromatic nitrogens is 1. The van der Waals surface area contributed by atoms with E-state index in [4.69, 9.17) is 18.5 Å². The summed E-state index contributed by atoms with van der Waals surface area (Å²) in [5, 5.41) is -0.162. The first-order valence-electron chi connectivity index (χ1n) is 5.19. The van der Waals surface area contributed by atoms with Gasteiger partial charge >= 0.3 is 5.97 Å². The third kappa shape index (κ3) is 1.95. The summed E-state index contributed by atoms with van der Waals surface area (Å²) < 4.78 is 39.3. The number of nitrogens with zero attached hydrogens (tertiary/aromatic N) is 1. The van der Waals surface area contributed by atoms with Crippen LogP contribution >= 0.6 is 27.5 Å². The number of hydrogen-bond acceptors (Lipinski definition) is 3. The molecule has 0 spiro atoms. The number of pyridine rings is 1. The van der Waals surface area contributed by atoms with Crippen LogP contribution in [0, 0.1) is 0 Å². The van der Waals surface area contributed by atoms with Gasteiger partial charge in [-0.1, -0.05) is 11.6 Å². The van der Waals surface area contributed by atoms with Crippen LogP contribution < -0.4 is 0 Å². The van der Waals surface area contributed by atoms with E-state index in [9.17, 15) is 4.79 Å². The average molecular weight is 256 g/mol. The smallest absolute Gasteiger partial charge is 0.339 e. The highest BCUT2D eigenvalue weighted by Crippen LogP contribution is 2.20. The van der Waals surface area contributed by atoms with Crippen LogP contribution in [0.3, 0.4) is 0 Å². The third-order valence-corrected chi connectivity index (χ3v) is 2.05. The van der Waals surface area contributed by atoms with Crippen molar-refractivity contribution in [3.05, 3.63) is 27.4 Å². The molecular formula is C7H5BrClNO2. The van der Waals surface area contributed by atoms with Crippen molar-refractivity contribution >= 4 is 33.5 Å². The number of methoxy groups -OCH3 is 1. The number of halogens is 2. The Morgan fingerprint density at radius 1 is 2.00 bits per heavy atom. The van der Waals surface area contributed by atoms with E-state index in [1.165, 1.54) is 0 Å². The first kappa shape index (κ1) is 4.58. The summed E-state index contributed by atoms with van der Waals surface area (Å²) in [6.07, 6.45) is -0.613. The highest BCUT2D eigenvalue weighted by atomic mass is 79.9. The van der Waals surface area contributed by atoms with Crippen LogP contribution in [0.25, 0.3) is 0 Å². The van der Waals surface area contributed by atoms with Crippen molar-refractivity contribution in [1.82, 2.24) is 4.98 Å². The van der Waals surface area contributed by atoms with Gasteiger partial charge in [-0.05, 0) is 22.0 Å². The van der Waals surface area contributed by atoms with E-state index in [1.54, 1.807) is 0 Å². The first-order valence-corrected chi connectivity index (χ1v) is 3.86. The second-order valence-corrected chi connectivity index (χ2v) is 2.87. The molecule has 5 heteroatoms. The fraction of sp³-hybridized carbons (Fsp3) is 0.143. The predicted molar refractivity (Wildman–Crippen MR) is 48.3 cm³/mol. The van der Waals surface area contributed by atoms with Gasteiger partial charge in [-0.15, -0.1) is 0 Å². The molecule has 0 fully saturated rings. The molecule has 0 unspecified atom stereocenters. The van der Waals surface area contributed by atoms with Gasteiger partial charge in [0.2, 0.25) is 0 Å². The first-order chi connectivity index (χ1) is 7.63. The summed E-state index contributed by atoms with van der Waals surface area (Å²) >= 11 is 8.47. The number of esters is 1. The monoisotopic (exact) mass is 254 g/mol. The van der Waals surface area contributed by atoms with Crippen molar-refractivity contribution in [2.45, 2.75) is 0 Å². The topological polar surface area (TPSA) is 39.2 Å². The lowest BCUT2D eigenvalue weighted by atomic mass is 10.3. The summed E-state index contributed by atoms with van der Waals surface area (Å²) in [4.78, 5) is 14.9. The lowest BCUT2D eigenvalue weighted by Gasteiger charge is -1.99. The maximum absolute atomic E-state index is 11.4. The van der Waals surface area contributed by atoms with Gasteiger partial charge in [-0.2, -0.15) is 0 Å². The zero-order valence-electron chi connectivity index (χ0n) is 10.5. The second kappa shape index (κ2) is 3.87. The molecule has 0 amide bonds. The molecule has 0 radical (unpaired) electrons. The number of carbonyl (C=O) groups is 1. The van der Waals surface area contributed by atoms with Crippen LogP contribution in [0.1, 0.15) is 17.2 Å². The van der Waals surface area contributed by atoms with Gasteiger partial charge in [0, 0.05) is 6.17 Å². The van der Waals surface area contributed by atoms with E-state index in [1.807, 2.05) is 0 Å². The van der Waals surface area contributed by atoms with Gasteiger partial charge in [-0.3, -0.25) is 0 Å². The van der Waals surface area contributed by atoms with Gasteiger partial charge in [0.15, 0.2) is 0 Å². The predicted octanol–water partition coefficient (Wildman–Crippen LogP) is 2.28.